The van der Waals surface area contributed by atoms with Crippen LogP contribution in [0.3, 0.4) is 0 Å². The minimum atomic E-state index is -0.324. The van der Waals surface area contributed by atoms with E-state index < -0.39 is 0 Å². The van der Waals surface area contributed by atoms with Crippen molar-refractivity contribution in [1.29, 1.82) is 0 Å². The predicted octanol–water partition coefficient (Wildman–Crippen LogP) is 14.7. The van der Waals surface area contributed by atoms with Gasteiger partial charge in [0.05, 0.1) is 22.3 Å². The van der Waals surface area contributed by atoms with Crippen molar-refractivity contribution in [2.75, 3.05) is 0 Å². The standard InChI is InChI=1S/C57H49N4O.Pt/c1-32-22-25-47(42(28-32)35-16-11-10-12-17-35)61-48-21-15-20-40(50(48)59-55(61)45-29-37(56(4,5)6)30-46(54(45)62)57(7,8)9)43-31-44-51-49-36(26-27-58-51)23-24-38-33(2)34(3)60(53(38)49)52(44)41-19-14-13-18-39(41)43;/h10-30,62H,1-9H3;/q-1;. The molecule has 0 fully saturated rings. The van der Waals surface area contributed by atoms with Crippen molar-refractivity contribution in [3.63, 3.8) is 0 Å². The zero-order valence-corrected chi connectivity index (χ0v) is 39.4. The van der Waals surface area contributed by atoms with E-state index in [1.165, 1.54) is 27.5 Å². The first kappa shape index (κ1) is 40.8. The fourth-order valence-corrected chi connectivity index (χ4v) is 9.92. The number of benzene rings is 7. The fourth-order valence-electron chi connectivity index (χ4n) is 9.92. The van der Waals surface area contributed by atoms with Gasteiger partial charge in [-0.15, -0.1) is 11.6 Å². The number of hydrogen-bond acceptors (Lipinski definition) is 3. The molecule has 0 aliphatic heterocycles. The fraction of sp³-hybridized carbons (Fsp3) is 0.193. The summed E-state index contributed by atoms with van der Waals surface area (Å²) in [5, 5.41) is 19.3. The van der Waals surface area contributed by atoms with Crippen LogP contribution in [0.2, 0.25) is 0 Å². The Morgan fingerprint density at radius 2 is 1.38 bits per heavy atom. The van der Waals surface area contributed by atoms with Crippen molar-refractivity contribution in [3.8, 4) is 45.1 Å². The van der Waals surface area contributed by atoms with Crippen molar-refractivity contribution in [2.45, 2.75) is 73.1 Å². The molecule has 0 spiro atoms. The Morgan fingerprint density at radius 1 is 0.635 bits per heavy atom. The minimum Gasteiger partial charge on any atom is -0.507 e. The van der Waals surface area contributed by atoms with E-state index in [1.807, 2.05) is 6.20 Å². The molecule has 0 aliphatic rings. The predicted molar refractivity (Wildman–Crippen MR) is 259 cm³/mol. The molecule has 0 saturated heterocycles. The second kappa shape index (κ2) is 14.4. The summed E-state index contributed by atoms with van der Waals surface area (Å²) in [7, 11) is 0. The summed E-state index contributed by atoms with van der Waals surface area (Å²) >= 11 is 0. The Kier molecular flexibility index (Phi) is 9.30. The first-order valence-corrected chi connectivity index (χ1v) is 21.7. The quantitative estimate of drug-likeness (QED) is 0.109. The molecule has 4 aromatic heterocycles. The van der Waals surface area contributed by atoms with Gasteiger partial charge in [0.1, 0.15) is 11.6 Å². The molecule has 0 bridgehead atoms. The van der Waals surface area contributed by atoms with Crippen LogP contribution in [0.25, 0.3) is 99.2 Å². The molecular weight excluding hydrogens is 952 g/mol. The van der Waals surface area contributed by atoms with Gasteiger partial charge < -0.3 is 9.51 Å². The Bertz CT molecular complexity index is 3640. The Balaban J connectivity index is 0.00000471. The summed E-state index contributed by atoms with van der Waals surface area (Å²) in [6.45, 7) is 19.8. The molecule has 0 atom stereocenters. The topological polar surface area (TPSA) is 55.3 Å². The van der Waals surface area contributed by atoms with Gasteiger partial charge in [-0.05, 0) is 94.9 Å². The van der Waals surface area contributed by atoms with Gasteiger partial charge >= 0.3 is 0 Å². The molecule has 0 aliphatic carbocycles. The van der Waals surface area contributed by atoms with Gasteiger partial charge in [0.2, 0.25) is 0 Å². The van der Waals surface area contributed by atoms with Crippen LogP contribution in [0.15, 0.2) is 128 Å². The van der Waals surface area contributed by atoms with E-state index >= 15 is 0 Å². The van der Waals surface area contributed by atoms with Crippen molar-refractivity contribution in [2.24, 2.45) is 0 Å². The first-order chi connectivity index (χ1) is 29.7. The average molecular weight is 1000 g/mol. The second-order valence-electron chi connectivity index (χ2n) is 19.3. The van der Waals surface area contributed by atoms with Gasteiger partial charge in [-0.1, -0.05) is 160 Å². The number of phenolic OH excluding ortho intramolecular Hbond substituents is 1. The van der Waals surface area contributed by atoms with E-state index in [4.69, 9.17) is 9.97 Å². The number of para-hydroxylation sites is 1. The number of aromatic hydroxyl groups is 1. The van der Waals surface area contributed by atoms with Crippen LogP contribution in [0, 0.1) is 26.8 Å². The number of imidazole rings is 1. The summed E-state index contributed by atoms with van der Waals surface area (Å²) < 4.78 is 4.73. The third-order valence-corrected chi connectivity index (χ3v) is 13.3. The van der Waals surface area contributed by atoms with Crippen LogP contribution < -0.4 is 0 Å². The molecule has 0 saturated carbocycles. The summed E-state index contributed by atoms with van der Waals surface area (Å²) in [5.41, 5.74) is 16.1. The third kappa shape index (κ3) is 6.07. The SMILES string of the molecule is Cc1ccc(-n2c(-c3cc(C(C)(C)C)cc(C(C)(C)C)c3O)nc3c(-c4[c-]c5c6nccc7ccc8c(C)c(C)n(c5c5ccccc45)c8c76)cccc32)c(-c2ccccc2)c1.[Pt]. The average Bonchev–Trinajstić information content (AvgIpc) is 3.76. The normalized spacial score (nSPS) is 12.5. The van der Waals surface area contributed by atoms with Gasteiger partial charge in [-0.2, -0.15) is 0 Å². The molecular formula is C57H49N4OPt-. The molecule has 11 rings (SSSR count). The van der Waals surface area contributed by atoms with E-state index in [1.54, 1.807) is 0 Å². The number of aromatic nitrogens is 4. The van der Waals surface area contributed by atoms with Crippen LogP contribution in [0.4, 0.5) is 0 Å². The number of pyridine rings is 2. The van der Waals surface area contributed by atoms with Crippen LogP contribution in [-0.2, 0) is 31.9 Å². The molecule has 11 aromatic rings. The zero-order valence-electron chi connectivity index (χ0n) is 37.2. The maximum Gasteiger partial charge on any atom is 0.148 e. The number of phenols is 1. The van der Waals surface area contributed by atoms with E-state index in [9.17, 15) is 5.11 Å². The summed E-state index contributed by atoms with van der Waals surface area (Å²) in [6.07, 6.45) is 1.93. The Labute approximate surface area is 382 Å². The van der Waals surface area contributed by atoms with E-state index in [0.29, 0.717) is 11.4 Å². The molecule has 314 valence electrons. The first-order valence-electron chi connectivity index (χ1n) is 21.7. The molecule has 0 amide bonds. The number of fused-ring (bicyclic) bond motifs is 6. The van der Waals surface area contributed by atoms with Crippen molar-refractivity contribution >= 4 is 59.9 Å². The third-order valence-electron chi connectivity index (χ3n) is 13.3. The molecule has 0 radical (unpaired) electrons. The van der Waals surface area contributed by atoms with Gasteiger partial charge in [-0.3, -0.25) is 9.55 Å². The largest absolute Gasteiger partial charge is 0.507 e. The molecule has 5 nitrogen and oxygen atoms in total. The summed E-state index contributed by atoms with van der Waals surface area (Å²) in [6, 6.07) is 47.4. The van der Waals surface area contributed by atoms with E-state index in [-0.39, 0.29) is 37.6 Å². The van der Waals surface area contributed by atoms with Gasteiger partial charge in [0.25, 0.3) is 0 Å². The molecule has 0 unspecified atom stereocenters. The second-order valence-corrected chi connectivity index (χ2v) is 19.3. The maximum absolute atomic E-state index is 12.5. The molecule has 4 heterocycles. The molecule has 7 aromatic carbocycles. The van der Waals surface area contributed by atoms with Gasteiger partial charge in [-0.25, -0.2) is 4.98 Å². The number of aryl methyl sites for hydroxylation is 3. The van der Waals surface area contributed by atoms with E-state index in [2.05, 4.69) is 199 Å². The minimum absolute atomic E-state index is 0. The Hall–Kier alpha value is -6.29. The van der Waals surface area contributed by atoms with E-state index in [0.717, 1.165) is 88.2 Å². The number of hydrogen-bond donors (Lipinski definition) is 1. The Morgan fingerprint density at radius 3 is 2.13 bits per heavy atom. The van der Waals surface area contributed by atoms with Crippen LogP contribution in [0.5, 0.6) is 5.75 Å². The molecule has 6 heteroatoms. The number of nitrogens with zero attached hydrogens (tertiary/aromatic N) is 4. The van der Waals surface area contributed by atoms with Crippen LogP contribution >= 0.6 is 0 Å². The van der Waals surface area contributed by atoms with Gasteiger partial charge in [0, 0.05) is 60.5 Å². The van der Waals surface area contributed by atoms with Crippen molar-refractivity contribution < 1.29 is 26.2 Å². The monoisotopic (exact) mass is 1000 g/mol. The van der Waals surface area contributed by atoms with Crippen LogP contribution in [-0.4, -0.2) is 24.0 Å². The van der Waals surface area contributed by atoms with Gasteiger partial charge in [0.15, 0.2) is 0 Å². The molecule has 1 N–H and O–H groups in total. The zero-order chi connectivity index (χ0) is 43.0. The van der Waals surface area contributed by atoms with Crippen LogP contribution in [0.1, 0.15) is 69.5 Å². The molecule has 63 heavy (non-hydrogen) atoms. The summed E-state index contributed by atoms with van der Waals surface area (Å²) in [5.74, 6) is 0.940. The summed E-state index contributed by atoms with van der Waals surface area (Å²) in [4.78, 5) is 10.8. The van der Waals surface area contributed by atoms with Crippen molar-refractivity contribution in [1.82, 2.24) is 18.9 Å². The smallest absolute Gasteiger partial charge is 0.148 e. The number of rotatable bonds is 4. The van der Waals surface area contributed by atoms with Crippen molar-refractivity contribution in [3.05, 3.63) is 162 Å². The maximum atomic E-state index is 12.5.